The maximum Gasteiger partial charge on any atom is 1.00 e. The van der Waals surface area contributed by atoms with Gasteiger partial charge in [0, 0.05) is 0 Å². The topological polar surface area (TPSA) is 66.5 Å². The molecule has 0 aliphatic heterocycles. The van der Waals surface area contributed by atoms with Crippen LogP contribution in [0.25, 0.3) is 0 Å². The van der Waals surface area contributed by atoms with Crippen LogP contribution in [0.3, 0.4) is 0 Å². The normalized spacial score (nSPS) is 9.08. The summed E-state index contributed by atoms with van der Waals surface area (Å²) in [4.78, 5) is 0. The van der Waals surface area contributed by atoms with Gasteiger partial charge in [-0.05, 0) is 30.7 Å². The second-order valence-electron chi connectivity index (χ2n) is 2.36. The van der Waals surface area contributed by atoms with E-state index in [0.717, 1.165) is 5.56 Å². The van der Waals surface area contributed by atoms with E-state index >= 15 is 0 Å². The molecule has 12 heavy (non-hydrogen) atoms. The van der Waals surface area contributed by atoms with E-state index in [1.807, 2.05) is 0 Å². The van der Waals surface area contributed by atoms with Gasteiger partial charge in [0.05, 0.1) is 0 Å². The van der Waals surface area contributed by atoms with Gasteiger partial charge in [-0.3, -0.25) is 0 Å². The Kier molecular flexibility index (Phi) is 4.83. The molecule has 1 rings (SSSR count). The Balaban J connectivity index is 0. The summed E-state index contributed by atoms with van der Waals surface area (Å²) >= 11 is 0. The number of phenols is 2. The zero-order valence-electron chi connectivity index (χ0n) is 8.12. The smallest absolute Gasteiger partial charge is 1.00 e. The van der Waals surface area contributed by atoms with Crippen LogP contribution in [0.2, 0.25) is 0 Å². The quantitative estimate of drug-likeness (QED) is 0.338. The van der Waals surface area contributed by atoms with Crippen molar-refractivity contribution in [2.75, 3.05) is 6.54 Å². The van der Waals surface area contributed by atoms with E-state index in [2.05, 4.69) is 0 Å². The molecule has 0 saturated carbocycles. The fourth-order valence-corrected chi connectivity index (χ4v) is 0.891. The van der Waals surface area contributed by atoms with E-state index in [-0.39, 0.29) is 31.8 Å². The van der Waals surface area contributed by atoms with Gasteiger partial charge in [0.25, 0.3) is 0 Å². The van der Waals surface area contributed by atoms with Gasteiger partial charge in [-0.2, -0.15) is 0 Å². The van der Waals surface area contributed by atoms with Crippen LogP contribution in [0.1, 0.15) is 6.99 Å². The van der Waals surface area contributed by atoms with E-state index in [1.165, 1.54) is 12.1 Å². The Bertz CT molecular complexity index is 258. The number of hydrogen-bond donors (Lipinski definition) is 3. The van der Waals surface area contributed by atoms with Crippen LogP contribution >= 0.6 is 0 Å². The van der Waals surface area contributed by atoms with Crippen molar-refractivity contribution in [3.05, 3.63) is 23.8 Å². The molecule has 0 saturated heterocycles. The molecule has 0 aliphatic rings. The molecular formula is C8H12LiNO2. The van der Waals surface area contributed by atoms with Gasteiger partial charge in [-0.15, -0.1) is 0 Å². The molecule has 0 heterocycles. The maximum absolute atomic E-state index is 9.04. The molecule has 0 amide bonds. The van der Waals surface area contributed by atoms with Gasteiger partial charge in [-0.25, -0.2) is 0 Å². The summed E-state index contributed by atoms with van der Waals surface area (Å²) in [6.45, 7) is 0.546. The number of benzene rings is 1. The van der Waals surface area contributed by atoms with Crippen LogP contribution in [0.15, 0.2) is 18.2 Å². The van der Waals surface area contributed by atoms with Crippen molar-refractivity contribution in [3.63, 3.8) is 0 Å². The molecule has 0 atom stereocenters. The van der Waals surface area contributed by atoms with Gasteiger partial charge in [0.15, 0.2) is 11.5 Å². The number of hydrogen-bond acceptors (Lipinski definition) is 3. The second-order valence-corrected chi connectivity index (χ2v) is 2.36. The van der Waals surface area contributed by atoms with Crippen molar-refractivity contribution in [3.8, 4) is 11.5 Å². The fourth-order valence-electron chi connectivity index (χ4n) is 0.891. The molecule has 0 aliphatic carbocycles. The molecule has 0 bridgehead atoms. The van der Waals surface area contributed by atoms with Crippen molar-refractivity contribution in [1.82, 2.24) is 0 Å². The number of nitrogens with two attached hydrogens (primary N) is 1. The first kappa shape index (κ1) is 11.4. The molecule has 0 fully saturated rings. The predicted molar refractivity (Wildman–Crippen MR) is 43.6 cm³/mol. The third-order valence-electron chi connectivity index (χ3n) is 1.47. The van der Waals surface area contributed by atoms with E-state index in [0.29, 0.717) is 13.0 Å². The van der Waals surface area contributed by atoms with E-state index in [1.54, 1.807) is 6.07 Å². The number of aromatic hydroxyl groups is 2. The second kappa shape index (κ2) is 5.10. The first-order chi connectivity index (χ1) is 5.24. The minimum atomic E-state index is -0.0919. The molecule has 3 nitrogen and oxygen atoms in total. The molecule has 1 aromatic carbocycles. The van der Waals surface area contributed by atoms with E-state index < -0.39 is 0 Å². The zero-order valence-corrected chi connectivity index (χ0v) is 7.12. The number of rotatable bonds is 2. The number of phenolic OH excluding ortho intramolecular Hbond substituents is 2. The Hall–Kier alpha value is -0.623. The fraction of sp³-hybridized carbons (Fsp3) is 0.250. The van der Waals surface area contributed by atoms with Crippen molar-refractivity contribution in [2.45, 2.75) is 6.42 Å². The first-order valence-electron chi connectivity index (χ1n) is 3.45. The van der Waals surface area contributed by atoms with Crippen LogP contribution < -0.4 is 24.6 Å². The molecule has 4 heteroatoms. The summed E-state index contributed by atoms with van der Waals surface area (Å²) in [5.74, 6) is -0.179. The SMILES string of the molecule is NCCc1ccc(O)c(O)c1.[H-].[Li+]. The Morgan fingerprint density at radius 1 is 1.25 bits per heavy atom. The van der Waals surface area contributed by atoms with E-state index in [9.17, 15) is 0 Å². The minimum Gasteiger partial charge on any atom is -1.00 e. The summed E-state index contributed by atoms with van der Waals surface area (Å²) in [6.07, 6.45) is 0.716. The third kappa shape index (κ3) is 2.78. The molecular weight excluding hydrogens is 149 g/mol. The zero-order chi connectivity index (χ0) is 8.27. The summed E-state index contributed by atoms with van der Waals surface area (Å²) < 4.78 is 0. The van der Waals surface area contributed by atoms with Gasteiger partial charge < -0.3 is 17.4 Å². The molecule has 0 unspecified atom stereocenters. The van der Waals surface area contributed by atoms with Gasteiger partial charge in [0.2, 0.25) is 0 Å². The molecule has 1 aromatic rings. The van der Waals surface area contributed by atoms with Crippen LogP contribution in [0.5, 0.6) is 11.5 Å². The summed E-state index contributed by atoms with van der Waals surface area (Å²) in [5, 5.41) is 18.0. The van der Waals surface area contributed by atoms with Gasteiger partial charge in [-0.1, -0.05) is 6.07 Å². The van der Waals surface area contributed by atoms with Crippen LogP contribution in [0.4, 0.5) is 0 Å². The molecule has 62 valence electrons. The monoisotopic (exact) mass is 161 g/mol. The molecule has 4 N–H and O–H groups in total. The summed E-state index contributed by atoms with van der Waals surface area (Å²) in [7, 11) is 0. The summed E-state index contributed by atoms with van der Waals surface area (Å²) in [5.41, 5.74) is 6.24. The Labute approximate surface area is 84.9 Å². The molecule has 0 spiro atoms. The predicted octanol–water partition coefficient (Wildman–Crippen LogP) is -2.28. The van der Waals surface area contributed by atoms with Crippen molar-refractivity contribution in [2.24, 2.45) is 5.73 Å². The van der Waals surface area contributed by atoms with Crippen molar-refractivity contribution < 1.29 is 30.5 Å². The van der Waals surface area contributed by atoms with Crippen molar-refractivity contribution in [1.29, 1.82) is 0 Å². The molecule has 0 radical (unpaired) electrons. The van der Waals surface area contributed by atoms with Gasteiger partial charge in [0.1, 0.15) is 0 Å². The standard InChI is InChI=1S/C8H11NO2.Li.H/c9-4-3-6-1-2-7(10)8(11)5-6;;/h1-2,5,10-11H,3-4,9H2;;/q;+1;-1. The van der Waals surface area contributed by atoms with Crippen LogP contribution in [-0.4, -0.2) is 16.8 Å². The van der Waals surface area contributed by atoms with Gasteiger partial charge >= 0.3 is 18.9 Å². The largest absolute Gasteiger partial charge is 1.00 e. The van der Waals surface area contributed by atoms with Crippen LogP contribution in [-0.2, 0) is 6.42 Å². The minimum absolute atomic E-state index is 0. The maximum atomic E-state index is 9.04. The van der Waals surface area contributed by atoms with Crippen LogP contribution in [0, 0.1) is 0 Å². The Morgan fingerprint density at radius 3 is 2.42 bits per heavy atom. The van der Waals surface area contributed by atoms with Crippen molar-refractivity contribution >= 4 is 0 Å². The molecule has 0 aromatic heterocycles. The first-order valence-corrected chi connectivity index (χ1v) is 3.45. The van der Waals surface area contributed by atoms with E-state index in [4.69, 9.17) is 15.9 Å². The third-order valence-corrected chi connectivity index (χ3v) is 1.47. The summed E-state index contributed by atoms with van der Waals surface area (Å²) in [6, 6.07) is 4.71. The average Bonchev–Trinajstić information content (AvgIpc) is 1.98. The average molecular weight is 161 g/mol. The Morgan fingerprint density at radius 2 is 1.92 bits per heavy atom.